The summed E-state index contributed by atoms with van der Waals surface area (Å²) < 4.78 is 0. The van der Waals surface area contributed by atoms with E-state index in [4.69, 9.17) is 0 Å². The Bertz CT molecular complexity index is 742. The van der Waals surface area contributed by atoms with Gasteiger partial charge in [-0.3, -0.25) is 10.1 Å². The number of aromatic hydroxyl groups is 1. The molecule has 0 aliphatic rings. The summed E-state index contributed by atoms with van der Waals surface area (Å²) in [6, 6.07) is 11.6. The van der Waals surface area contributed by atoms with Crippen molar-refractivity contribution < 1.29 is 10.0 Å². The van der Waals surface area contributed by atoms with Gasteiger partial charge in [0.1, 0.15) is 5.75 Å². The molecule has 7 heteroatoms. The van der Waals surface area contributed by atoms with Crippen LogP contribution in [-0.2, 0) is 6.54 Å². The predicted molar refractivity (Wildman–Crippen MR) is 93.0 cm³/mol. The summed E-state index contributed by atoms with van der Waals surface area (Å²) in [5, 5.41) is 29.0. The minimum absolute atomic E-state index is 0.0950. The van der Waals surface area contributed by atoms with Crippen molar-refractivity contribution in [3.05, 3.63) is 58.1 Å². The second-order valence-electron chi connectivity index (χ2n) is 5.13. The van der Waals surface area contributed by atoms with Crippen molar-refractivity contribution in [2.75, 3.05) is 18.0 Å². The second kappa shape index (κ2) is 8.05. The fraction of sp³-hybridized carbons (Fsp3) is 0.294. The SMILES string of the molecule is CCN(CC)c1ccc(CN=Nc2ccccc2[N+](=O)[O-])c(O)c1. The van der Waals surface area contributed by atoms with Crippen molar-refractivity contribution >= 4 is 17.1 Å². The molecule has 2 rings (SSSR count). The molecule has 0 unspecified atom stereocenters. The molecule has 0 bridgehead atoms. The molecule has 0 radical (unpaired) electrons. The van der Waals surface area contributed by atoms with Gasteiger partial charge in [0.25, 0.3) is 5.69 Å². The minimum atomic E-state index is -0.495. The van der Waals surface area contributed by atoms with Crippen molar-refractivity contribution in [1.82, 2.24) is 0 Å². The summed E-state index contributed by atoms with van der Waals surface area (Å²) in [5.41, 5.74) is 1.66. The summed E-state index contributed by atoms with van der Waals surface area (Å²) in [7, 11) is 0. The smallest absolute Gasteiger partial charge is 0.296 e. The van der Waals surface area contributed by atoms with Crippen LogP contribution in [0.25, 0.3) is 0 Å². The summed E-state index contributed by atoms with van der Waals surface area (Å²) in [6.07, 6.45) is 0. The van der Waals surface area contributed by atoms with Crippen LogP contribution in [0.1, 0.15) is 19.4 Å². The van der Waals surface area contributed by atoms with E-state index >= 15 is 0 Å². The predicted octanol–water partition coefficient (Wildman–Crippen LogP) is 4.43. The van der Waals surface area contributed by atoms with Crippen molar-refractivity contribution in [3.63, 3.8) is 0 Å². The van der Waals surface area contributed by atoms with E-state index in [1.54, 1.807) is 24.3 Å². The molecule has 0 amide bonds. The Hall–Kier alpha value is -2.96. The molecule has 0 aromatic heterocycles. The number of hydrogen-bond donors (Lipinski definition) is 1. The summed E-state index contributed by atoms with van der Waals surface area (Å²) in [4.78, 5) is 12.6. The fourth-order valence-electron chi connectivity index (χ4n) is 2.36. The van der Waals surface area contributed by atoms with E-state index in [1.165, 1.54) is 12.1 Å². The first kappa shape index (κ1) is 17.4. The van der Waals surface area contributed by atoms with Crippen LogP contribution in [0, 0.1) is 10.1 Å². The molecule has 24 heavy (non-hydrogen) atoms. The third-order valence-corrected chi connectivity index (χ3v) is 3.70. The molecule has 7 nitrogen and oxygen atoms in total. The molecule has 0 saturated heterocycles. The zero-order valence-corrected chi connectivity index (χ0v) is 13.7. The molecule has 1 N–H and O–H groups in total. The Morgan fingerprint density at radius 1 is 1.17 bits per heavy atom. The number of phenols is 1. The molecule has 0 heterocycles. The summed E-state index contributed by atoms with van der Waals surface area (Å²) >= 11 is 0. The van der Waals surface area contributed by atoms with Crippen LogP contribution in [0.5, 0.6) is 5.75 Å². The molecule has 0 aliphatic carbocycles. The number of anilines is 1. The largest absolute Gasteiger partial charge is 0.508 e. The zero-order valence-electron chi connectivity index (χ0n) is 13.7. The quantitative estimate of drug-likeness (QED) is 0.462. The second-order valence-corrected chi connectivity index (χ2v) is 5.13. The van der Waals surface area contributed by atoms with Gasteiger partial charge < -0.3 is 10.0 Å². The molecular weight excluding hydrogens is 308 g/mol. The number of hydrogen-bond acceptors (Lipinski definition) is 6. The first-order valence-electron chi connectivity index (χ1n) is 7.74. The maximum absolute atomic E-state index is 10.9. The molecule has 0 saturated carbocycles. The lowest BCUT2D eigenvalue weighted by atomic mass is 10.1. The monoisotopic (exact) mass is 328 g/mol. The highest BCUT2D eigenvalue weighted by atomic mass is 16.6. The van der Waals surface area contributed by atoms with Gasteiger partial charge in [0.2, 0.25) is 0 Å². The topological polar surface area (TPSA) is 91.3 Å². The lowest BCUT2D eigenvalue weighted by molar-refractivity contribution is -0.384. The maximum Gasteiger partial charge on any atom is 0.296 e. The third-order valence-electron chi connectivity index (χ3n) is 3.70. The van der Waals surface area contributed by atoms with Gasteiger partial charge >= 0.3 is 0 Å². The van der Waals surface area contributed by atoms with Crippen LogP contribution in [0.4, 0.5) is 17.1 Å². The Labute approximate surface area is 140 Å². The molecular formula is C17H20N4O3. The number of rotatable bonds is 7. The average Bonchev–Trinajstić information content (AvgIpc) is 2.58. The van der Waals surface area contributed by atoms with Crippen LogP contribution in [-0.4, -0.2) is 23.1 Å². The zero-order chi connectivity index (χ0) is 17.5. The van der Waals surface area contributed by atoms with Crippen LogP contribution in [0.3, 0.4) is 0 Å². The number of azo groups is 1. The van der Waals surface area contributed by atoms with Gasteiger partial charge in [-0.1, -0.05) is 18.2 Å². The summed E-state index contributed by atoms with van der Waals surface area (Å²) in [5.74, 6) is 0.140. The maximum atomic E-state index is 10.9. The van der Waals surface area contributed by atoms with E-state index in [0.29, 0.717) is 5.56 Å². The van der Waals surface area contributed by atoms with E-state index in [9.17, 15) is 15.2 Å². The van der Waals surface area contributed by atoms with Crippen molar-refractivity contribution in [1.29, 1.82) is 0 Å². The standard InChI is InChI=1S/C17H20N4O3/c1-3-20(4-2)14-10-9-13(17(22)11-14)12-18-19-15-7-5-6-8-16(15)21(23)24/h5-11,22H,3-4,12H2,1-2H3. The molecule has 126 valence electrons. The highest BCUT2D eigenvalue weighted by Crippen LogP contribution is 2.28. The number of benzene rings is 2. The lowest BCUT2D eigenvalue weighted by Crippen LogP contribution is -2.21. The first-order chi connectivity index (χ1) is 11.6. The average molecular weight is 328 g/mol. The van der Waals surface area contributed by atoms with E-state index in [-0.39, 0.29) is 23.7 Å². The number of nitro groups is 1. The molecule has 2 aromatic carbocycles. The number of nitro benzene ring substituents is 1. The fourth-order valence-corrected chi connectivity index (χ4v) is 2.36. The van der Waals surface area contributed by atoms with Crippen LogP contribution >= 0.6 is 0 Å². The van der Waals surface area contributed by atoms with Gasteiger partial charge in [-0.05, 0) is 26.0 Å². The number of para-hydroxylation sites is 1. The van der Waals surface area contributed by atoms with Crippen molar-refractivity contribution in [2.24, 2.45) is 10.2 Å². The summed E-state index contributed by atoms with van der Waals surface area (Å²) in [6.45, 7) is 5.96. The lowest BCUT2D eigenvalue weighted by Gasteiger charge is -2.21. The van der Waals surface area contributed by atoms with Crippen LogP contribution in [0.15, 0.2) is 52.7 Å². The molecule has 0 fully saturated rings. The third kappa shape index (κ3) is 4.07. The Kier molecular flexibility index (Phi) is 5.83. The van der Waals surface area contributed by atoms with Gasteiger partial charge in [0, 0.05) is 36.5 Å². The molecule has 0 aliphatic heterocycles. The number of phenolic OH excluding ortho intramolecular Hbond substituents is 1. The van der Waals surface area contributed by atoms with Gasteiger partial charge in [-0.2, -0.15) is 5.11 Å². The Balaban J connectivity index is 2.14. The Morgan fingerprint density at radius 3 is 2.50 bits per heavy atom. The van der Waals surface area contributed by atoms with Gasteiger partial charge in [0.05, 0.1) is 11.5 Å². The van der Waals surface area contributed by atoms with E-state index in [0.717, 1.165) is 18.8 Å². The minimum Gasteiger partial charge on any atom is -0.508 e. The van der Waals surface area contributed by atoms with Crippen molar-refractivity contribution in [3.8, 4) is 5.75 Å². The molecule has 0 spiro atoms. The van der Waals surface area contributed by atoms with E-state index in [2.05, 4.69) is 29.0 Å². The molecule has 0 atom stereocenters. The molecule has 2 aromatic rings. The normalized spacial score (nSPS) is 10.9. The van der Waals surface area contributed by atoms with Crippen LogP contribution in [0.2, 0.25) is 0 Å². The highest BCUT2D eigenvalue weighted by Gasteiger charge is 2.11. The Morgan fingerprint density at radius 2 is 1.88 bits per heavy atom. The van der Waals surface area contributed by atoms with Gasteiger partial charge in [-0.15, -0.1) is 5.11 Å². The van der Waals surface area contributed by atoms with Crippen LogP contribution < -0.4 is 4.90 Å². The van der Waals surface area contributed by atoms with E-state index < -0.39 is 4.92 Å². The van der Waals surface area contributed by atoms with E-state index in [1.807, 2.05) is 6.07 Å². The first-order valence-corrected chi connectivity index (χ1v) is 7.74. The highest BCUT2D eigenvalue weighted by molar-refractivity contribution is 5.56. The van der Waals surface area contributed by atoms with Gasteiger partial charge in [0.15, 0.2) is 5.69 Å². The van der Waals surface area contributed by atoms with Crippen molar-refractivity contribution in [2.45, 2.75) is 20.4 Å². The van der Waals surface area contributed by atoms with Gasteiger partial charge in [-0.25, -0.2) is 0 Å². The number of nitrogens with zero attached hydrogens (tertiary/aromatic N) is 4.